The Hall–Kier alpha value is -0.410. The molecule has 2 nitrogen and oxygen atoms in total. The predicted molar refractivity (Wildman–Crippen MR) is 42.0 cm³/mol. The van der Waals surface area contributed by atoms with Crippen LogP contribution in [0.3, 0.4) is 0 Å². The first-order valence-corrected chi connectivity index (χ1v) is 4.07. The molecule has 0 saturated heterocycles. The van der Waals surface area contributed by atoms with E-state index in [-0.39, 0.29) is 0 Å². The summed E-state index contributed by atoms with van der Waals surface area (Å²) in [7, 11) is 0. The summed E-state index contributed by atoms with van der Waals surface area (Å²) in [6, 6.07) is 0. The van der Waals surface area contributed by atoms with Crippen LogP contribution >= 0.6 is 11.3 Å². The Labute approximate surface area is 64.9 Å². The maximum absolute atomic E-state index is 5.06. The molecule has 55 valence electrons. The van der Waals surface area contributed by atoms with Crippen LogP contribution in [0.25, 0.3) is 0 Å². The van der Waals surface area contributed by atoms with Crippen molar-refractivity contribution < 1.29 is 4.74 Å². The summed E-state index contributed by atoms with van der Waals surface area (Å²) in [6.45, 7) is 4.85. The van der Waals surface area contributed by atoms with Gasteiger partial charge in [-0.25, -0.2) is 4.98 Å². The van der Waals surface area contributed by atoms with Crippen LogP contribution in [0.4, 0.5) is 0 Å². The second-order valence-electron chi connectivity index (χ2n) is 1.79. The fourth-order valence-corrected chi connectivity index (χ4v) is 1.24. The quantitative estimate of drug-likeness (QED) is 0.617. The van der Waals surface area contributed by atoms with E-state index in [9.17, 15) is 0 Å². The highest BCUT2D eigenvalue weighted by molar-refractivity contribution is 7.09. The predicted octanol–water partition coefficient (Wildman–Crippen LogP) is 1.54. The van der Waals surface area contributed by atoms with E-state index < -0.39 is 0 Å². The van der Waals surface area contributed by atoms with E-state index >= 15 is 0 Å². The number of nitrogens with zero attached hydrogens (tertiary/aromatic N) is 1. The van der Waals surface area contributed by atoms with Crippen molar-refractivity contribution >= 4 is 11.3 Å². The highest BCUT2D eigenvalue weighted by Crippen LogP contribution is 2.03. The largest absolute Gasteiger partial charge is 0.381 e. The van der Waals surface area contributed by atoms with E-state index in [0.717, 1.165) is 18.0 Å². The van der Waals surface area contributed by atoms with Crippen molar-refractivity contribution in [1.29, 1.82) is 0 Å². The number of aromatic nitrogens is 1. The van der Waals surface area contributed by atoms with Gasteiger partial charge in [0.05, 0.1) is 11.6 Å². The van der Waals surface area contributed by atoms with E-state index in [4.69, 9.17) is 4.74 Å². The second-order valence-corrected chi connectivity index (χ2v) is 2.77. The van der Waals surface area contributed by atoms with Crippen LogP contribution in [0.2, 0.25) is 0 Å². The first-order chi connectivity index (χ1) is 4.93. The summed E-state index contributed by atoms with van der Waals surface area (Å²) in [6.07, 6.45) is 2.72. The molecule has 0 aliphatic heterocycles. The lowest BCUT2D eigenvalue weighted by Crippen LogP contribution is -1.96. The molecule has 0 bridgehead atoms. The first-order valence-electron chi connectivity index (χ1n) is 3.19. The highest BCUT2D eigenvalue weighted by Gasteiger charge is 1.92. The third-order valence-corrected chi connectivity index (χ3v) is 1.93. The Morgan fingerprint density at radius 3 is 3.20 bits per heavy atom. The molecule has 0 aliphatic carbocycles. The van der Waals surface area contributed by atoms with Crippen molar-refractivity contribution in [3.63, 3.8) is 0 Å². The van der Waals surface area contributed by atoms with Gasteiger partial charge in [0.1, 0.15) is 0 Å². The zero-order chi connectivity index (χ0) is 7.23. The van der Waals surface area contributed by atoms with Crippen LogP contribution in [0.15, 0.2) is 11.6 Å². The molecule has 10 heavy (non-hydrogen) atoms. The molecule has 0 aromatic carbocycles. The molecular formula is C7H10NOS. The second kappa shape index (κ2) is 4.41. The minimum Gasteiger partial charge on any atom is -0.381 e. The van der Waals surface area contributed by atoms with Gasteiger partial charge in [0.2, 0.25) is 0 Å². The molecule has 1 heterocycles. The van der Waals surface area contributed by atoms with Gasteiger partial charge in [0.25, 0.3) is 0 Å². The van der Waals surface area contributed by atoms with E-state index in [0.29, 0.717) is 6.61 Å². The van der Waals surface area contributed by atoms with Crippen molar-refractivity contribution in [1.82, 2.24) is 4.98 Å². The molecule has 1 aromatic rings. The molecule has 0 spiro atoms. The van der Waals surface area contributed by atoms with Gasteiger partial charge in [0, 0.05) is 24.6 Å². The molecule has 0 unspecified atom stereocenters. The zero-order valence-electron chi connectivity index (χ0n) is 5.75. The SMILES string of the molecule is [CH2]COCCc1nccs1. The van der Waals surface area contributed by atoms with Crippen molar-refractivity contribution in [3.8, 4) is 0 Å². The molecule has 1 radical (unpaired) electrons. The van der Waals surface area contributed by atoms with Crippen LogP contribution in [-0.2, 0) is 11.2 Å². The molecule has 0 saturated carbocycles. The summed E-state index contributed by atoms with van der Waals surface area (Å²) in [5.41, 5.74) is 0. The molecule has 0 fully saturated rings. The fraction of sp³-hybridized carbons (Fsp3) is 0.429. The maximum Gasteiger partial charge on any atom is 0.0947 e. The number of hydrogen-bond acceptors (Lipinski definition) is 3. The Morgan fingerprint density at radius 2 is 2.60 bits per heavy atom. The lowest BCUT2D eigenvalue weighted by molar-refractivity contribution is 0.164. The third kappa shape index (κ3) is 2.45. The average molecular weight is 156 g/mol. The van der Waals surface area contributed by atoms with Crippen molar-refractivity contribution in [2.45, 2.75) is 6.42 Å². The van der Waals surface area contributed by atoms with Crippen LogP contribution in [0.5, 0.6) is 0 Å². The number of ether oxygens (including phenoxy) is 1. The van der Waals surface area contributed by atoms with E-state index in [2.05, 4.69) is 11.9 Å². The Morgan fingerprint density at radius 1 is 1.70 bits per heavy atom. The first kappa shape index (κ1) is 7.69. The lowest BCUT2D eigenvalue weighted by atomic mass is 10.5. The Kier molecular flexibility index (Phi) is 3.40. The number of hydrogen-bond donors (Lipinski definition) is 0. The average Bonchev–Trinajstić information content (AvgIpc) is 2.41. The van der Waals surface area contributed by atoms with Crippen molar-refractivity contribution in [3.05, 3.63) is 23.5 Å². The minimum absolute atomic E-state index is 0.547. The number of thiazole rings is 1. The summed E-state index contributed by atoms with van der Waals surface area (Å²) < 4.78 is 5.06. The molecule has 0 atom stereocenters. The summed E-state index contributed by atoms with van der Waals surface area (Å²) in [5, 5.41) is 3.10. The van der Waals surface area contributed by atoms with Gasteiger partial charge in [-0.2, -0.15) is 0 Å². The van der Waals surface area contributed by atoms with Crippen LogP contribution in [0.1, 0.15) is 5.01 Å². The molecule has 1 aromatic heterocycles. The molecule has 0 amide bonds. The van der Waals surface area contributed by atoms with Crippen LogP contribution in [-0.4, -0.2) is 18.2 Å². The monoisotopic (exact) mass is 156 g/mol. The minimum atomic E-state index is 0.547. The van der Waals surface area contributed by atoms with Crippen LogP contribution < -0.4 is 0 Å². The normalized spacial score (nSPS) is 10.1. The van der Waals surface area contributed by atoms with Gasteiger partial charge in [-0.05, 0) is 6.92 Å². The molecular weight excluding hydrogens is 146 g/mol. The summed E-state index contributed by atoms with van der Waals surface area (Å²) in [4.78, 5) is 4.11. The van der Waals surface area contributed by atoms with Gasteiger partial charge in [-0.1, -0.05) is 0 Å². The van der Waals surface area contributed by atoms with Crippen LogP contribution in [0, 0.1) is 6.92 Å². The van der Waals surface area contributed by atoms with Gasteiger partial charge in [-0.3, -0.25) is 0 Å². The molecule has 3 heteroatoms. The summed E-state index contributed by atoms with van der Waals surface area (Å²) in [5.74, 6) is 0. The van der Waals surface area contributed by atoms with E-state index in [1.807, 2.05) is 11.6 Å². The fourth-order valence-electron chi connectivity index (χ4n) is 0.638. The molecule has 0 N–H and O–H groups in total. The standard InChI is InChI=1S/C7H10NOS/c1-2-9-5-3-7-8-4-6-10-7/h4,6H,1-3,5H2. The summed E-state index contributed by atoms with van der Waals surface area (Å²) >= 11 is 1.66. The highest BCUT2D eigenvalue weighted by atomic mass is 32.1. The third-order valence-electron chi connectivity index (χ3n) is 1.09. The van der Waals surface area contributed by atoms with Gasteiger partial charge in [-0.15, -0.1) is 11.3 Å². The van der Waals surface area contributed by atoms with E-state index in [1.165, 1.54) is 0 Å². The van der Waals surface area contributed by atoms with Crippen molar-refractivity contribution in [2.75, 3.05) is 13.2 Å². The Balaban J connectivity index is 2.15. The lowest BCUT2D eigenvalue weighted by Gasteiger charge is -1.95. The zero-order valence-corrected chi connectivity index (χ0v) is 6.56. The number of rotatable bonds is 4. The van der Waals surface area contributed by atoms with Gasteiger partial charge in [0.15, 0.2) is 0 Å². The van der Waals surface area contributed by atoms with Gasteiger partial charge >= 0.3 is 0 Å². The van der Waals surface area contributed by atoms with Gasteiger partial charge < -0.3 is 4.74 Å². The smallest absolute Gasteiger partial charge is 0.0947 e. The topological polar surface area (TPSA) is 22.1 Å². The Bertz CT molecular complexity index is 162. The molecule has 0 aliphatic rings. The molecule has 1 rings (SSSR count). The maximum atomic E-state index is 5.06. The van der Waals surface area contributed by atoms with E-state index in [1.54, 1.807) is 11.3 Å². The van der Waals surface area contributed by atoms with Crippen molar-refractivity contribution in [2.24, 2.45) is 0 Å².